The van der Waals surface area contributed by atoms with Crippen LogP contribution in [0.1, 0.15) is 58.8 Å². The molecule has 0 aromatic heterocycles. The lowest BCUT2D eigenvalue weighted by atomic mass is 9.99. The molecule has 0 amide bonds. The van der Waals surface area contributed by atoms with Crippen molar-refractivity contribution in [3.05, 3.63) is 0 Å². The molecule has 0 bridgehead atoms. The SMILES string of the molecule is CCCCCCCCC(C)(C#N)O[Si](C)(C)C. The zero-order chi connectivity index (χ0) is 13.4. The normalized spacial score (nSPS) is 15.3. The van der Waals surface area contributed by atoms with Crippen molar-refractivity contribution >= 4 is 8.32 Å². The van der Waals surface area contributed by atoms with Gasteiger partial charge in [-0.25, -0.2) is 0 Å². The third-order valence-corrected chi connectivity index (χ3v) is 3.84. The van der Waals surface area contributed by atoms with Crippen LogP contribution in [0, 0.1) is 11.3 Å². The van der Waals surface area contributed by atoms with Crippen LogP contribution in [-0.2, 0) is 4.43 Å². The Labute approximate surface area is 108 Å². The molecule has 0 saturated carbocycles. The van der Waals surface area contributed by atoms with E-state index in [2.05, 4.69) is 32.6 Å². The van der Waals surface area contributed by atoms with E-state index in [-0.39, 0.29) is 0 Å². The van der Waals surface area contributed by atoms with Gasteiger partial charge in [0.1, 0.15) is 5.60 Å². The van der Waals surface area contributed by atoms with Crippen LogP contribution in [0.25, 0.3) is 0 Å². The maximum atomic E-state index is 9.24. The van der Waals surface area contributed by atoms with Crippen LogP contribution < -0.4 is 0 Å². The Morgan fingerprint density at radius 2 is 1.59 bits per heavy atom. The molecule has 0 rings (SSSR count). The molecule has 0 fully saturated rings. The Balaban J connectivity index is 3.86. The number of nitrogens with zero attached hydrogens (tertiary/aromatic N) is 1. The second-order valence-electron chi connectivity index (χ2n) is 6.07. The van der Waals surface area contributed by atoms with Gasteiger partial charge >= 0.3 is 0 Å². The zero-order valence-corrected chi connectivity index (χ0v) is 13.3. The molecule has 0 saturated heterocycles. The lowest BCUT2D eigenvalue weighted by Crippen LogP contribution is -2.39. The first-order valence-corrected chi connectivity index (χ1v) is 10.4. The average molecular weight is 255 g/mol. The molecule has 0 radical (unpaired) electrons. The quantitative estimate of drug-likeness (QED) is 0.435. The zero-order valence-electron chi connectivity index (χ0n) is 12.3. The molecule has 0 N–H and O–H groups in total. The van der Waals surface area contributed by atoms with Gasteiger partial charge in [-0.05, 0) is 39.4 Å². The molecular formula is C14H29NOSi. The van der Waals surface area contributed by atoms with Crippen LogP contribution in [0.4, 0.5) is 0 Å². The van der Waals surface area contributed by atoms with E-state index >= 15 is 0 Å². The van der Waals surface area contributed by atoms with Crippen molar-refractivity contribution < 1.29 is 4.43 Å². The fourth-order valence-corrected chi connectivity index (χ4v) is 3.55. The van der Waals surface area contributed by atoms with Gasteiger partial charge in [0.2, 0.25) is 0 Å². The van der Waals surface area contributed by atoms with Crippen molar-refractivity contribution in [3.8, 4) is 6.07 Å². The number of rotatable bonds is 9. The van der Waals surface area contributed by atoms with Gasteiger partial charge in [-0.2, -0.15) is 5.26 Å². The summed E-state index contributed by atoms with van der Waals surface area (Å²) in [7, 11) is -1.62. The van der Waals surface area contributed by atoms with E-state index in [0.29, 0.717) is 0 Å². The van der Waals surface area contributed by atoms with Gasteiger partial charge in [0, 0.05) is 0 Å². The van der Waals surface area contributed by atoms with E-state index in [0.717, 1.165) is 12.8 Å². The summed E-state index contributed by atoms with van der Waals surface area (Å²) in [5.41, 5.74) is -0.560. The third kappa shape index (κ3) is 9.38. The molecule has 0 aromatic carbocycles. The second kappa shape index (κ2) is 7.89. The fraction of sp³-hybridized carbons (Fsp3) is 0.929. The van der Waals surface area contributed by atoms with E-state index in [1.54, 1.807) is 0 Å². The molecule has 1 atom stereocenters. The lowest BCUT2D eigenvalue weighted by molar-refractivity contribution is 0.126. The van der Waals surface area contributed by atoms with E-state index < -0.39 is 13.9 Å². The van der Waals surface area contributed by atoms with Crippen LogP contribution in [-0.4, -0.2) is 13.9 Å². The van der Waals surface area contributed by atoms with Gasteiger partial charge in [-0.1, -0.05) is 39.0 Å². The number of hydrogen-bond donors (Lipinski definition) is 0. The van der Waals surface area contributed by atoms with Gasteiger partial charge in [-0.3, -0.25) is 0 Å². The minimum Gasteiger partial charge on any atom is -0.400 e. The summed E-state index contributed by atoms with van der Waals surface area (Å²) < 4.78 is 5.98. The van der Waals surface area contributed by atoms with E-state index in [1.807, 2.05) is 6.92 Å². The van der Waals surface area contributed by atoms with Crippen LogP contribution in [0.5, 0.6) is 0 Å². The number of unbranched alkanes of at least 4 members (excludes halogenated alkanes) is 5. The van der Waals surface area contributed by atoms with Gasteiger partial charge in [0.05, 0.1) is 6.07 Å². The van der Waals surface area contributed by atoms with Crippen LogP contribution in [0.3, 0.4) is 0 Å². The van der Waals surface area contributed by atoms with Crippen molar-refractivity contribution in [2.75, 3.05) is 0 Å². The fourth-order valence-electron chi connectivity index (χ4n) is 2.05. The van der Waals surface area contributed by atoms with Crippen LogP contribution in [0.15, 0.2) is 0 Å². The summed E-state index contributed by atoms with van der Waals surface area (Å²) in [6, 6.07) is 2.35. The van der Waals surface area contributed by atoms with Gasteiger partial charge in [0.15, 0.2) is 8.32 Å². The van der Waals surface area contributed by atoms with Crippen molar-refractivity contribution in [2.24, 2.45) is 0 Å². The molecule has 0 aromatic rings. The maximum absolute atomic E-state index is 9.24. The Morgan fingerprint density at radius 1 is 1.06 bits per heavy atom. The highest BCUT2D eigenvalue weighted by Gasteiger charge is 2.30. The summed E-state index contributed by atoms with van der Waals surface area (Å²) in [5.74, 6) is 0. The standard InChI is InChI=1S/C14H29NOSi/c1-6-7-8-9-10-11-12-14(2,13-15)16-17(3,4)5/h6-12H2,1-5H3. The summed E-state index contributed by atoms with van der Waals surface area (Å²) in [6.07, 6.45) is 8.46. The molecule has 17 heavy (non-hydrogen) atoms. The third-order valence-electron chi connectivity index (χ3n) is 2.78. The van der Waals surface area contributed by atoms with E-state index in [9.17, 15) is 5.26 Å². The molecule has 0 aliphatic heterocycles. The van der Waals surface area contributed by atoms with Crippen LogP contribution in [0.2, 0.25) is 19.6 Å². The van der Waals surface area contributed by atoms with Gasteiger partial charge < -0.3 is 4.43 Å². The first-order valence-electron chi connectivity index (χ1n) is 6.94. The topological polar surface area (TPSA) is 33.0 Å². The van der Waals surface area contributed by atoms with Gasteiger partial charge in [-0.15, -0.1) is 0 Å². The van der Waals surface area contributed by atoms with Crippen molar-refractivity contribution in [2.45, 2.75) is 84.0 Å². The predicted molar refractivity (Wildman–Crippen MR) is 76.4 cm³/mol. The average Bonchev–Trinajstić information content (AvgIpc) is 2.21. The number of nitriles is 1. The van der Waals surface area contributed by atoms with Gasteiger partial charge in [0.25, 0.3) is 0 Å². The molecular weight excluding hydrogens is 226 g/mol. The van der Waals surface area contributed by atoms with Crippen molar-refractivity contribution in [1.82, 2.24) is 0 Å². The second-order valence-corrected chi connectivity index (χ2v) is 10.5. The van der Waals surface area contributed by atoms with Crippen molar-refractivity contribution in [3.63, 3.8) is 0 Å². The maximum Gasteiger partial charge on any atom is 0.185 e. The minimum atomic E-state index is -1.62. The largest absolute Gasteiger partial charge is 0.400 e. The van der Waals surface area contributed by atoms with Crippen molar-refractivity contribution in [1.29, 1.82) is 5.26 Å². The molecule has 0 heterocycles. The monoisotopic (exact) mass is 255 g/mol. The van der Waals surface area contributed by atoms with E-state index in [4.69, 9.17) is 4.43 Å². The summed E-state index contributed by atoms with van der Waals surface area (Å²) in [4.78, 5) is 0. The highest BCUT2D eigenvalue weighted by molar-refractivity contribution is 6.69. The molecule has 2 nitrogen and oxygen atoms in total. The lowest BCUT2D eigenvalue weighted by Gasteiger charge is -2.30. The summed E-state index contributed by atoms with van der Waals surface area (Å²) >= 11 is 0. The molecule has 100 valence electrons. The Bertz CT molecular complexity index is 242. The molecule has 1 unspecified atom stereocenters. The first kappa shape index (κ1) is 16.7. The Hall–Kier alpha value is -0.333. The smallest absolute Gasteiger partial charge is 0.185 e. The summed E-state index contributed by atoms with van der Waals surface area (Å²) in [6.45, 7) is 10.6. The molecule has 0 aliphatic rings. The highest BCUT2D eigenvalue weighted by atomic mass is 28.4. The Kier molecular flexibility index (Phi) is 7.74. The number of hydrogen-bond acceptors (Lipinski definition) is 2. The molecule has 3 heteroatoms. The molecule has 0 aliphatic carbocycles. The first-order chi connectivity index (χ1) is 7.83. The van der Waals surface area contributed by atoms with E-state index in [1.165, 1.54) is 32.1 Å². The highest BCUT2D eigenvalue weighted by Crippen LogP contribution is 2.23. The summed E-state index contributed by atoms with van der Waals surface area (Å²) in [5, 5.41) is 9.24. The Morgan fingerprint density at radius 3 is 2.06 bits per heavy atom. The minimum absolute atomic E-state index is 0.560. The predicted octanol–water partition coefficient (Wildman–Crippen LogP) is 4.87. The van der Waals surface area contributed by atoms with Crippen LogP contribution >= 0.6 is 0 Å². The molecule has 0 spiro atoms.